The van der Waals surface area contributed by atoms with Crippen LogP contribution in [0.2, 0.25) is 0 Å². The van der Waals surface area contributed by atoms with Gasteiger partial charge in [-0.25, -0.2) is 4.39 Å². The van der Waals surface area contributed by atoms with Crippen molar-refractivity contribution in [3.8, 4) is 11.5 Å². The number of halogens is 2. The number of benzene rings is 1. The number of ether oxygens (including phenoxy) is 2. The zero-order valence-electron chi connectivity index (χ0n) is 10.6. The van der Waals surface area contributed by atoms with E-state index in [1.807, 2.05) is 0 Å². The van der Waals surface area contributed by atoms with E-state index in [0.29, 0.717) is 12.8 Å². The van der Waals surface area contributed by atoms with Crippen LogP contribution in [0.4, 0.5) is 8.78 Å². The summed E-state index contributed by atoms with van der Waals surface area (Å²) in [5.41, 5.74) is 5.73. The Morgan fingerprint density at radius 1 is 1.11 bits per heavy atom. The lowest BCUT2D eigenvalue weighted by Gasteiger charge is -2.26. The number of methoxy groups -OCH3 is 2. The molecule has 5 heteroatoms. The van der Waals surface area contributed by atoms with E-state index >= 15 is 0 Å². The first-order chi connectivity index (χ1) is 8.53. The summed E-state index contributed by atoms with van der Waals surface area (Å²) in [5.74, 6) is -2.02. The van der Waals surface area contributed by atoms with E-state index in [9.17, 15) is 8.78 Å². The van der Waals surface area contributed by atoms with Gasteiger partial charge in [-0.2, -0.15) is 4.39 Å². The second kappa shape index (κ2) is 4.72. The van der Waals surface area contributed by atoms with Crippen molar-refractivity contribution in [2.24, 2.45) is 5.73 Å². The number of rotatable bonds is 3. The molecule has 0 spiro atoms. The summed E-state index contributed by atoms with van der Waals surface area (Å²) in [6.45, 7) is 0. The van der Waals surface area contributed by atoms with Gasteiger partial charge in [0.05, 0.1) is 14.2 Å². The molecule has 0 bridgehead atoms. The largest absolute Gasteiger partial charge is 0.494 e. The Balaban J connectivity index is 2.60. The molecule has 0 aromatic heterocycles. The van der Waals surface area contributed by atoms with E-state index in [4.69, 9.17) is 15.2 Å². The Morgan fingerprint density at radius 2 is 1.72 bits per heavy atom. The highest BCUT2D eigenvalue weighted by Gasteiger charge is 2.36. The van der Waals surface area contributed by atoms with Gasteiger partial charge in [0.2, 0.25) is 5.82 Å². The summed E-state index contributed by atoms with van der Waals surface area (Å²) < 4.78 is 37.7. The molecule has 2 N–H and O–H groups in total. The van der Waals surface area contributed by atoms with Crippen molar-refractivity contribution in [2.45, 2.75) is 31.2 Å². The maximum Gasteiger partial charge on any atom is 0.209 e. The molecule has 2 rings (SSSR count). The molecule has 1 aliphatic carbocycles. The third-order valence-corrected chi connectivity index (χ3v) is 3.58. The normalized spacial score (nSPS) is 17.8. The molecule has 1 aromatic rings. The van der Waals surface area contributed by atoms with E-state index < -0.39 is 22.9 Å². The highest BCUT2D eigenvalue weighted by atomic mass is 19.1. The molecule has 1 aliphatic rings. The summed E-state index contributed by atoms with van der Waals surface area (Å²) in [7, 11) is 2.56. The lowest BCUT2D eigenvalue weighted by molar-refractivity contribution is 0.321. The minimum atomic E-state index is -0.831. The Kier molecular flexibility index (Phi) is 3.43. The van der Waals surface area contributed by atoms with E-state index in [1.54, 1.807) is 0 Å². The molecule has 1 saturated carbocycles. The van der Waals surface area contributed by atoms with Crippen LogP contribution in [0.25, 0.3) is 0 Å². The van der Waals surface area contributed by atoms with Crippen LogP contribution in [-0.4, -0.2) is 14.2 Å². The molecule has 0 aliphatic heterocycles. The zero-order chi connectivity index (χ0) is 13.3. The molecule has 0 amide bonds. The van der Waals surface area contributed by atoms with E-state index in [-0.39, 0.29) is 11.3 Å². The molecular formula is C13H17F2NO2. The van der Waals surface area contributed by atoms with Gasteiger partial charge in [-0.3, -0.25) is 0 Å². The highest BCUT2D eigenvalue weighted by molar-refractivity contribution is 5.45. The van der Waals surface area contributed by atoms with Gasteiger partial charge in [0.1, 0.15) is 0 Å². The average Bonchev–Trinajstić information content (AvgIpc) is 2.78. The lowest BCUT2D eigenvalue weighted by atomic mass is 9.88. The Bertz CT molecular complexity index is 457. The minimum absolute atomic E-state index is 0.0417. The highest BCUT2D eigenvalue weighted by Crippen LogP contribution is 2.42. The van der Waals surface area contributed by atoms with Crippen molar-refractivity contribution in [3.63, 3.8) is 0 Å². The fourth-order valence-corrected chi connectivity index (χ4v) is 2.55. The van der Waals surface area contributed by atoms with Crippen LogP contribution >= 0.6 is 0 Å². The van der Waals surface area contributed by atoms with Crippen molar-refractivity contribution in [1.82, 2.24) is 0 Å². The standard InChI is InChI=1S/C13H17F2NO2/c1-17-9-7-8(13(16)5-3-4-6-13)10(14)12(18-2)11(9)15/h7H,3-6,16H2,1-2H3. The Labute approximate surface area is 105 Å². The molecule has 3 nitrogen and oxygen atoms in total. The van der Waals surface area contributed by atoms with Gasteiger partial charge in [-0.1, -0.05) is 12.8 Å². The minimum Gasteiger partial charge on any atom is -0.494 e. The summed E-state index contributed by atoms with van der Waals surface area (Å²) >= 11 is 0. The monoisotopic (exact) mass is 257 g/mol. The molecule has 100 valence electrons. The maximum absolute atomic E-state index is 14.2. The second-order valence-electron chi connectivity index (χ2n) is 4.65. The van der Waals surface area contributed by atoms with Crippen molar-refractivity contribution in [1.29, 1.82) is 0 Å². The van der Waals surface area contributed by atoms with Crippen LogP contribution in [0.5, 0.6) is 11.5 Å². The third kappa shape index (κ3) is 1.92. The second-order valence-corrected chi connectivity index (χ2v) is 4.65. The first-order valence-electron chi connectivity index (χ1n) is 5.93. The van der Waals surface area contributed by atoms with Crippen LogP contribution in [-0.2, 0) is 5.54 Å². The molecule has 0 saturated heterocycles. The molecule has 1 fully saturated rings. The molecule has 0 heterocycles. The zero-order valence-corrected chi connectivity index (χ0v) is 10.6. The van der Waals surface area contributed by atoms with Gasteiger partial charge in [-0.05, 0) is 18.9 Å². The van der Waals surface area contributed by atoms with Crippen molar-refractivity contribution < 1.29 is 18.3 Å². The number of hydrogen-bond acceptors (Lipinski definition) is 3. The smallest absolute Gasteiger partial charge is 0.209 e. The van der Waals surface area contributed by atoms with Gasteiger partial charge in [0.25, 0.3) is 0 Å². The number of nitrogens with two attached hydrogens (primary N) is 1. The molecule has 0 unspecified atom stereocenters. The molecular weight excluding hydrogens is 240 g/mol. The fraction of sp³-hybridized carbons (Fsp3) is 0.538. The van der Waals surface area contributed by atoms with E-state index in [0.717, 1.165) is 12.8 Å². The van der Waals surface area contributed by atoms with Gasteiger partial charge in [0.15, 0.2) is 17.3 Å². The molecule has 18 heavy (non-hydrogen) atoms. The van der Waals surface area contributed by atoms with Gasteiger partial charge in [-0.15, -0.1) is 0 Å². The van der Waals surface area contributed by atoms with Crippen LogP contribution in [0, 0.1) is 11.6 Å². The predicted octanol–water partition coefficient (Wildman–Crippen LogP) is 2.71. The lowest BCUT2D eigenvalue weighted by Crippen LogP contribution is -2.34. The van der Waals surface area contributed by atoms with E-state index in [2.05, 4.69) is 0 Å². The van der Waals surface area contributed by atoms with Crippen LogP contribution < -0.4 is 15.2 Å². The predicted molar refractivity (Wildman–Crippen MR) is 63.8 cm³/mol. The summed E-state index contributed by atoms with van der Waals surface area (Å²) in [4.78, 5) is 0. The summed E-state index contributed by atoms with van der Waals surface area (Å²) in [6, 6.07) is 1.35. The first-order valence-corrected chi connectivity index (χ1v) is 5.93. The van der Waals surface area contributed by atoms with Crippen LogP contribution in [0.1, 0.15) is 31.2 Å². The van der Waals surface area contributed by atoms with Crippen LogP contribution in [0.15, 0.2) is 6.07 Å². The third-order valence-electron chi connectivity index (χ3n) is 3.58. The molecule has 1 aromatic carbocycles. The Hall–Kier alpha value is -1.36. The fourth-order valence-electron chi connectivity index (χ4n) is 2.55. The number of hydrogen-bond donors (Lipinski definition) is 1. The maximum atomic E-state index is 14.2. The Morgan fingerprint density at radius 3 is 2.22 bits per heavy atom. The van der Waals surface area contributed by atoms with Crippen LogP contribution in [0.3, 0.4) is 0 Å². The van der Waals surface area contributed by atoms with Crippen molar-refractivity contribution >= 4 is 0 Å². The van der Waals surface area contributed by atoms with Crippen molar-refractivity contribution in [2.75, 3.05) is 14.2 Å². The summed E-state index contributed by atoms with van der Waals surface area (Å²) in [6.07, 6.45) is 3.25. The summed E-state index contributed by atoms with van der Waals surface area (Å²) in [5, 5.41) is 0. The molecule has 0 atom stereocenters. The van der Waals surface area contributed by atoms with E-state index in [1.165, 1.54) is 20.3 Å². The first kappa shape index (κ1) is 13.1. The SMILES string of the molecule is COc1cc(C2(N)CCCC2)c(F)c(OC)c1F. The molecule has 0 radical (unpaired) electrons. The quantitative estimate of drug-likeness (QED) is 0.905. The van der Waals surface area contributed by atoms with Gasteiger partial charge in [0, 0.05) is 11.1 Å². The average molecular weight is 257 g/mol. The van der Waals surface area contributed by atoms with Crippen molar-refractivity contribution in [3.05, 3.63) is 23.3 Å². The topological polar surface area (TPSA) is 44.5 Å². The van der Waals surface area contributed by atoms with Gasteiger partial charge >= 0.3 is 0 Å². The van der Waals surface area contributed by atoms with Gasteiger partial charge < -0.3 is 15.2 Å².